The van der Waals surface area contributed by atoms with E-state index in [1.807, 2.05) is 6.92 Å². The third-order valence-electron chi connectivity index (χ3n) is 4.61. The Morgan fingerprint density at radius 3 is 2.60 bits per heavy atom. The van der Waals surface area contributed by atoms with Crippen LogP contribution in [0, 0.1) is 11.8 Å². The maximum Gasteiger partial charge on any atom is 0.251 e. The number of hydrogen-bond donors (Lipinski definition) is 1. The Morgan fingerprint density at radius 2 is 1.96 bits per heavy atom. The van der Waals surface area contributed by atoms with Crippen LogP contribution in [0.4, 0.5) is 0 Å². The van der Waals surface area contributed by atoms with E-state index in [0.29, 0.717) is 30.2 Å². The molecule has 2 rings (SSSR count). The molecule has 1 amide bonds. The van der Waals surface area contributed by atoms with Crippen LogP contribution in [0.1, 0.15) is 44.0 Å². The number of ether oxygens (including phenoxy) is 2. The number of carbonyl (C=O) groups is 1. The number of likely N-dealkylation sites (tertiary alicyclic amines) is 1. The first kappa shape index (κ1) is 19.6. The second-order valence-corrected chi connectivity index (χ2v) is 7.11. The fraction of sp³-hybridized carbons (Fsp3) is 0.650. The van der Waals surface area contributed by atoms with Gasteiger partial charge in [-0.05, 0) is 56.3 Å². The van der Waals surface area contributed by atoms with Crippen molar-refractivity contribution >= 4 is 5.91 Å². The fourth-order valence-electron chi connectivity index (χ4n) is 3.66. The summed E-state index contributed by atoms with van der Waals surface area (Å²) in [5.74, 6) is 2.73. The largest absolute Gasteiger partial charge is 0.493 e. The molecular weight excluding hydrogens is 316 g/mol. The van der Waals surface area contributed by atoms with E-state index in [0.717, 1.165) is 24.8 Å². The molecule has 0 bridgehead atoms. The Morgan fingerprint density at radius 1 is 1.24 bits per heavy atom. The maximum atomic E-state index is 12.3. The van der Waals surface area contributed by atoms with E-state index < -0.39 is 0 Å². The SMILES string of the molecule is CCOc1ccc(C(=O)NCCCN2CC(C)CC(C)C2)cc1OC. The number of rotatable bonds is 8. The van der Waals surface area contributed by atoms with Gasteiger partial charge in [-0.15, -0.1) is 0 Å². The zero-order chi connectivity index (χ0) is 18.2. The summed E-state index contributed by atoms with van der Waals surface area (Å²) in [4.78, 5) is 14.8. The first-order valence-corrected chi connectivity index (χ1v) is 9.34. The molecule has 0 spiro atoms. The molecule has 1 saturated heterocycles. The minimum Gasteiger partial charge on any atom is -0.493 e. The Hall–Kier alpha value is -1.75. The minimum absolute atomic E-state index is 0.0678. The maximum absolute atomic E-state index is 12.3. The first-order valence-electron chi connectivity index (χ1n) is 9.34. The molecule has 5 nitrogen and oxygen atoms in total. The Kier molecular flexibility index (Phi) is 7.56. The molecule has 140 valence electrons. The number of nitrogens with one attached hydrogen (secondary N) is 1. The lowest BCUT2D eigenvalue weighted by Gasteiger charge is -2.34. The van der Waals surface area contributed by atoms with Crippen molar-refractivity contribution in [2.24, 2.45) is 11.8 Å². The van der Waals surface area contributed by atoms with Crippen molar-refractivity contribution in [3.63, 3.8) is 0 Å². The van der Waals surface area contributed by atoms with Crippen molar-refractivity contribution in [1.82, 2.24) is 10.2 Å². The average molecular weight is 348 g/mol. The highest BCUT2D eigenvalue weighted by Crippen LogP contribution is 2.28. The van der Waals surface area contributed by atoms with E-state index in [1.54, 1.807) is 25.3 Å². The number of piperidine rings is 1. The molecule has 1 aromatic rings. The standard InChI is InChI=1S/C20H32N2O3/c1-5-25-18-8-7-17(12-19(18)24-4)20(23)21-9-6-10-22-13-15(2)11-16(3)14-22/h7-8,12,15-16H,5-6,9-11,13-14H2,1-4H3,(H,21,23). The fourth-order valence-corrected chi connectivity index (χ4v) is 3.66. The number of carbonyl (C=O) groups excluding carboxylic acids is 1. The lowest BCUT2D eigenvalue weighted by atomic mass is 9.92. The summed E-state index contributed by atoms with van der Waals surface area (Å²) in [5, 5.41) is 3.00. The van der Waals surface area contributed by atoms with Crippen LogP contribution in [0.3, 0.4) is 0 Å². The topological polar surface area (TPSA) is 50.8 Å². The molecule has 1 aliphatic rings. The van der Waals surface area contributed by atoms with Gasteiger partial charge in [0, 0.05) is 25.2 Å². The third-order valence-corrected chi connectivity index (χ3v) is 4.61. The predicted octanol–water partition coefficient (Wildman–Crippen LogP) is 3.19. The highest BCUT2D eigenvalue weighted by molar-refractivity contribution is 5.94. The van der Waals surface area contributed by atoms with Gasteiger partial charge in [0.2, 0.25) is 0 Å². The zero-order valence-corrected chi connectivity index (χ0v) is 16.0. The minimum atomic E-state index is -0.0678. The third kappa shape index (κ3) is 5.92. The van der Waals surface area contributed by atoms with E-state index in [9.17, 15) is 4.79 Å². The van der Waals surface area contributed by atoms with E-state index in [-0.39, 0.29) is 5.91 Å². The van der Waals surface area contributed by atoms with Crippen LogP contribution in [0.5, 0.6) is 11.5 Å². The Balaban J connectivity index is 1.78. The first-order chi connectivity index (χ1) is 12.0. The molecule has 1 fully saturated rings. The normalized spacial score (nSPS) is 21.0. The van der Waals surface area contributed by atoms with Gasteiger partial charge in [-0.25, -0.2) is 0 Å². The summed E-state index contributed by atoms with van der Waals surface area (Å²) >= 11 is 0. The van der Waals surface area contributed by atoms with Crippen molar-refractivity contribution in [1.29, 1.82) is 0 Å². The molecule has 1 heterocycles. The van der Waals surface area contributed by atoms with Crippen molar-refractivity contribution in [2.75, 3.05) is 39.9 Å². The predicted molar refractivity (Wildman–Crippen MR) is 100 cm³/mol. The van der Waals surface area contributed by atoms with Crippen molar-refractivity contribution < 1.29 is 14.3 Å². The molecule has 0 aliphatic carbocycles. The van der Waals surface area contributed by atoms with Gasteiger partial charge in [-0.2, -0.15) is 0 Å². The molecular formula is C20H32N2O3. The van der Waals surface area contributed by atoms with Crippen LogP contribution in [-0.4, -0.2) is 50.7 Å². The van der Waals surface area contributed by atoms with Gasteiger partial charge in [0.15, 0.2) is 11.5 Å². The number of benzene rings is 1. The summed E-state index contributed by atoms with van der Waals surface area (Å²) in [6, 6.07) is 5.29. The Labute approximate surface area is 151 Å². The highest BCUT2D eigenvalue weighted by Gasteiger charge is 2.21. The van der Waals surface area contributed by atoms with Crippen LogP contribution >= 0.6 is 0 Å². The Bertz CT molecular complexity index is 552. The number of amides is 1. The van der Waals surface area contributed by atoms with E-state index >= 15 is 0 Å². The lowest BCUT2D eigenvalue weighted by Crippen LogP contribution is -2.40. The molecule has 0 saturated carbocycles. The molecule has 1 aliphatic heterocycles. The molecule has 2 atom stereocenters. The van der Waals surface area contributed by atoms with Gasteiger partial charge in [0.1, 0.15) is 0 Å². The smallest absolute Gasteiger partial charge is 0.251 e. The van der Waals surface area contributed by atoms with Gasteiger partial charge in [0.05, 0.1) is 13.7 Å². The summed E-state index contributed by atoms with van der Waals surface area (Å²) in [5.41, 5.74) is 0.598. The average Bonchev–Trinajstić information content (AvgIpc) is 2.58. The lowest BCUT2D eigenvalue weighted by molar-refractivity contribution is 0.0947. The van der Waals surface area contributed by atoms with Crippen LogP contribution in [0.2, 0.25) is 0 Å². The summed E-state index contributed by atoms with van der Waals surface area (Å²) in [6.45, 7) is 11.2. The van der Waals surface area contributed by atoms with Gasteiger partial charge in [-0.1, -0.05) is 13.8 Å². The van der Waals surface area contributed by atoms with Crippen molar-refractivity contribution in [3.8, 4) is 11.5 Å². The summed E-state index contributed by atoms with van der Waals surface area (Å²) < 4.78 is 10.8. The highest BCUT2D eigenvalue weighted by atomic mass is 16.5. The van der Waals surface area contributed by atoms with E-state index in [1.165, 1.54) is 19.5 Å². The zero-order valence-electron chi connectivity index (χ0n) is 16.0. The summed E-state index contributed by atoms with van der Waals surface area (Å²) in [6.07, 6.45) is 2.30. The van der Waals surface area contributed by atoms with Crippen LogP contribution < -0.4 is 14.8 Å². The molecule has 5 heteroatoms. The van der Waals surface area contributed by atoms with Crippen molar-refractivity contribution in [3.05, 3.63) is 23.8 Å². The molecule has 1 aromatic carbocycles. The molecule has 25 heavy (non-hydrogen) atoms. The monoisotopic (exact) mass is 348 g/mol. The second-order valence-electron chi connectivity index (χ2n) is 7.11. The second kappa shape index (κ2) is 9.66. The number of nitrogens with zero attached hydrogens (tertiary/aromatic N) is 1. The van der Waals surface area contributed by atoms with Crippen LogP contribution in [0.25, 0.3) is 0 Å². The molecule has 0 radical (unpaired) electrons. The van der Waals surface area contributed by atoms with Crippen LogP contribution in [0.15, 0.2) is 18.2 Å². The van der Waals surface area contributed by atoms with Gasteiger partial charge < -0.3 is 19.7 Å². The summed E-state index contributed by atoms with van der Waals surface area (Å²) in [7, 11) is 1.58. The van der Waals surface area contributed by atoms with Gasteiger partial charge in [0.25, 0.3) is 5.91 Å². The quantitative estimate of drug-likeness (QED) is 0.733. The van der Waals surface area contributed by atoms with E-state index in [4.69, 9.17) is 9.47 Å². The van der Waals surface area contributed by atoms with Gasteiger partial charge in [-0.3, -0.25) is 4.79 Å². The molecule has 2 unspecified atom stereocenters. The van der Waals surface area contributed by atoms with E-state index in [2.05, 4.69) is 24.1 Å². The van der Waals surface area contributed by atoms with Crippen molar-refractivity contribution in [2.45, 2.75) is 33.6 Å². The molecule has 0 aromatic heterocycles. The molecule has 1 N–H and O–H groups in total. The number of hydrogen-bond acceptors (Lipinski definition) is 4. The number of methoxy groups -OCH3 is 1. The van der Waals surface area contributed by atoms with Gasteiger partial charge >= 0.3 is 0 Å². The van der Waals surface area contributed by atoms with Crippen LogP contribution in [-0.2, 0) is 0 Å².